The second-order valence-electron chi connectivity index (χ2n) is 2.57. The van der Waals surface area contributed by atoms with Gasteiger partial charge in [0.1, 0.15) is 5.37 Å². The third-order valence-corrected chi connectivity index (χ3v) is 3.03. The third kappa shape index (κ3) is 1.65. The summed E-state index contributed by atoms with van der Waals surface area (Å²) in [4.78, 5) is 4.33. The van der Waals surface area contributed by atoms with E-state index in [2.05, 4.69) is 4.99 Å². The van der Waals surface area contributed by atoms with Crippen LogP contribution < -0.4 is 0 Å². The summed E-state index contributed by atoms with van der Waals surface area (Å²) >= 11 is 7.61. The Hall–Kier alpha value is -0.470. The van der Waals surface area contributed by atoms with Gasteiger partial charge in [0.15, 0.2) is 0 Å². The summed E-state index contributed by atoms with van der Waals surface area (Å²) in [5, 5.41) is 1.08. The van der Waals surface area contributed by atoms with E-state index in [0.29, 0.717) is 5.37 Å². The molecule has 0 aliphatic carbocycles. The molecule has 2 rings (SSSR count). The van der Waals surface area contributed by atoms with E-state index >= 15 is 0 Å². The summed E-state index contributed by atoms with van der Waals surface area (Å²) in [6.45, 7) is 0. The molecule has 0 saturated carbocycles. The summed E-state index contributed by atoms with van der Waals surface area (Å²) in [5.74, 6) is 1.02. The van der Waals surface area contributed by atoms with Crippen LogP contribution in [0.5, 0.6) is 0 Å². The Morgan fingerprint density at radius 3 is 2.67 bits per heavy atom. The summed E-state index contributed by atoms with van der Waals surface area (Å²) in [6, 6.07) is 7.88. The number of benzene rings is 1. The highest BCUT2D eigenvalue weighted by atomic mass is 35.5. The molecule has 1 heterocycles. The van der Waals surface area contributed by atoms with E-state index in [0.717, 1.165) is 10.8 Å². The van der Waals surface area contributed by atoms with Crippen molar-refractivity contribution in [2.75, 3.05) is 5.75 Å². The zero-order valence-electron chi connectivity index (χ0n) is 6.40. The first-order valence-electron chi connectivity index (χ1n) is 3.75. The van der Waals surface area contributed by atoms with Crippen LogP contribution in [0.2, 0.25) is 5.02 Å². The highest BCUT2D eigenvalue weighted by Crippen LogP contribution is 2.33. The second kappa shape index (κ2) is 3.50. The number of aliphatic imine (C=N–C) groups is 1. The lowest BCUT2D eigenvalue weighted by Gasteiger charge is -2.05. The Labute approximate surface area is 80.8 Å². The SMILES string of the molecule is Clc1ccc(C2N=CCS2)cc1. The Kier molecular flexibility index (Phi) is 2.38. The Morgan fingerprint density at radius 1 is 1.33 bits per heavy atom. The van der Waals surface area contributed by atoms with E-state index in [1.54, 1.807) is 0 Å². The van der Waals surface area contributed by atoms with Crippen molar-refractivity contribution < 1.29 is 0 Å². The first kappa shape index (κ1) is 8.14. The second-order valence-corrected chi connectivity index (χ2v) is 4.12. The molecule has 1 aliphatic rings. The lowest BCUT2D eigenvalue weighted by atomic mass is 10.2. The van der Waals surface area contributed by atoms with Crippen molar-refractivity contribution in [3.8, 4) is 0 Å². The van der Waals surface area contributed by atoms with Gasteiger partial charge in [-0.25, -0.2) is 0 Å². The zero-order valence-corrected chi connectivity index (χ0v) is 7.98. The maximum Gasteiger partial charge on any atom is 0.120 e. The topological polar surface area (TPSA) is 12.4 Å². The maximum absolute atomic E-state index is 5.77. The number of hydrogen-bond donors (Lipinski definition) is 0. The lowest BCUT2D eigenvalue weighted by Crippen LogP contribution is -1.84. The fraction of sp³-hybridized carbons (Fsp3) is 0.222. The molecule has 3 heteroatoms. The van der Waals surface area contributed by atoms with Crippen LogP contribution in [0.3, 0.4) is 0 Å². The van der Waals surface area contributed by atoms with Crippen LogP contribution >= 0.6 is 23.4 Å². The van der Waals surface area contributed by atoms with Gasteiger partial charge in [0, 0.05) is 17.0 Å². The monoisotopic (exact) mass is 197 g/mol. The fourth-order valence-electron chi connectivity index (χ4n) is 1.13. The molecular formula is C9H8ClNS. The standard InChI is InChI=1S/C9H8ClNS/c10-8-3-1-7(2-4-8)9-11-5-6-12-9/h1-5,9H,6H2. The zero-order chi connectivity index (χ0) is 8.39. The first-order chi connectivity index (χ1) is 5.86. The molecule has 1 aromatic carbocycles. The van der Waals surface area contributed by atoms with Crippen LogP contribution in [0.25, 0.3) is 0 Å². The van der Waals surface area contributed by atoms with Gasteiger partial charge in [0.25, 0.3) is 0 Å². The fourth-order valence-corrected chi connectivity index (χ4v) is 2.13. The Bertz CT molecular complexity index is 294. The van der Waals surface area contributed by atoms with Crippen molar-refractivity contribution in [2.24, 2.45) is 4.99 Å². The third-order valence-electron chi connectivity index (χ3n) is 1.72. The minimum Gasteiger partial charge on any atom is -0.278 e. The number of hydrogen-bond acceptors (Lipinski definition) is 2. The molecule has 62 valence electrons. The van der Waals surface area contributed by atoms with Crippen LogP contribution in [0.1, 0.15) is 10.9 Å². The number of rotatable bonds is 1. The summed E-state index contributed by atoms with van der Waals surface area (Å²) < 4.78 is 0. The quantitative estimate of drug-likeness (QED) is 0.674. The van der Waals surface area contributed by atoms with Gasteiger partial charge in [-0.05, 0) is 17.7 Å². The number of thioether (sulfide) groups is 1. The summed E-state index contributed by atoms with van der Waals surface area (Å²) in [7, 11) is 0. The molecule has 0 radical (unpaired) electrons. The van der Waals surface area contributed by atoms with Gasteiger partial charge in [0.05, 0.1) is 0 Å². The van der Waals surface area contributed by atoms with Crippen molar-refractivity contribution in [2.45, 2.75) is 5.37 Å². The van der Waals surface area contributed by atoms with E-state index in [-0.39, 0.29) is 0 Å². The molecule has 0 N–H and O–H groups in total. The molecular weight excluding hydrogens is 190 g/mol. The van der Waals surface area contributed by atoms with Crippen LogP contribution in [-0.4, -0.2) is 12.0 Å². The van der Waals surface area contributed by atoms with Gasteiger partial charge < -0.3 is 0 Å². The number of halogens is 1. The van der Waals surface area contributed by atoms with E-state index < -0.39 is 0 Å². The summed E-state index contributed by atoms with van der Waals surface area (Å²) in [5.41, 5.74) is 1.23. The van der Waals surface area contributed by atoms with E-state index in [9.17, 15) is 0 Å². The Morgan fingerprint density at radius 2 is 2.08 bits per heavy atom. The maximum atomic E-state index is 5.77. The molecule has 0 saturated heterocycles. The van der Waals surface area contributed by atoms with E-state index in [1.165, 1.54) is 5.56 Å². The van der Waals surface area contributed by atoms with Gasteiger partial charge >= 0.3 is 0 Å². The van der Waals surface area contributed by atoms with Crippen molar-refractivity contribution in [1.29, 1.82) is 0 Å². The molecule has 0 amide bonds. The smallest absolute Gasteiger partial charge is 0.120 e. The predicted octanol–water partition coefficient (Wildman–Crippen LogP) is 3.16. The molecule has 1 aromatic rings. The molecule has 1 atom stereocenters. The van der Waals surface area contributed by atoms with E-state index in [4.69, 9.17) is 11.6 Å². The van der Waals surface area contributed by atoms with Crippen LogP contribution in [-0.2, 0) is 0 Å². The number of nitrogens with zero attached hydrogens (tertiary/aromatic N) is 1. The molecule has 12 heavy (non-hydrogen) atoms. The normalized spacial score (nSPS) is 21.6. The first-order valence-corrected chi connectivity index (χ1v) is 5.17. The van der Waals surface area contributed by atoms with Gasteiger partial charge in [-0.3, -0.25) is 4.99 Å². The van der Waals surface area contributed by atoms with Gasteiger partial charge in [-0.15, -0.1) is 11.8 Å². The van der Waals surface area contributed by atoms with Crippen molar-refractivity contribution in [3.63, 3.8) is 0 Å². The molecule has 1 nitrogen and oxygen atoms in total. The molecule has 0 fully saturated rings. The van der Waals surface area contributed by atoms with Crippen molar-refractivity contribution in [3.05, 3.63) is 34.9 Å². The highest BCUT2D eigenvalue weighted by Gasteiger charge is 2.12. The van der Waals surface area contributed by atoms with Crippen LogP contribution in [0.4, 0.5) is 0 Å². The van der Waals surface area contributed by atoms with Gasteiger partial charge in [0.2, 0.25) is 0 Å². The molecule has 1 unspecified atom stereocenters. The van der Waals surface area contributed by atoms with Crippen molar-refractivity contribution >= 4 is 29.6 Å². The van der Waals surface area contributed by atoms with Crippen LogP contribution in [0.15, 0.2) is 29.3 Å². The molecule has 1 aliphatic heterocycles. The minimum absolute atomic E-state index is 0.294. The Balaban J connectivity index is 2.23. The summed E-state index contributed by atoms with van der Waals surface area (Å²) in [6.07, 6.45) is 1.96. The van der Waals surface area contributed by atoms with Gasteiger partial charge in [-0.1, -0.05) is 23.7 Å². The lowest BCUT2D eigenvalue weighted by molar-refractivity contribution is 1.06. The van der Waals surface area contributed by atoms with Crippen molar-refractivity contribution in [1.82, 2.24) is 0 Å². The van der Waals surface area contributed by atoms with E-state index in [1.807, 2.05) is 42.2 Å². The highest BCUT2D eigenvalue weighted by molar-refractivity contribution is 8.00. The predicted molar refractivity (Wildman–Crippen MR) is 55.1 cm³/mol. The largest absolute Gasteiger partial charge is 0.278 e. The molecule has 0 spiro atoms. The minimum atomic E-state index is 0.294. The average molecular weight is 198 g/mol. The average Bonchev–Trinajstić information content (AvgIpc) is 2.58. The molecule has 0 aromatic heterocycles. The van der Waals surface area contributed by atoms with Crippen LogP contribution in [0, 0.1) is 0 Å². The molecule has 0 bridgehead atoms. The van der Waals surface area contributed by atoms with Gasteiger partial charge in [-0.2, -0.15) is 0 Å².